The average molecular weight is 374 g/mol. The Bertz CT molecular complexity index is 631. The van der Waals surface area contributed by atoms with E-state index in [0.29, 0.717) is 11.5 Å². The monoisotopic (exact) mass is 374 g/mol. The molecule has 0 bridgehead atoms. The van der Waals surface area contributed by atoms with Crippen molar-refractivity contribution in [3.8, 4) is 11.5 Å². The number of aliphatic hydroxyl groups is 2. The molecular weight excluding hydrogens is 348 g/mol. The van der Waals surface area contributed by atoms with Gasteiger partial charge >= 0.3 is 0 Å². The minimum absolute atomic E-state index is 0.0247. The average Bonchev–Trinajstić information content (AvgIpc) is 3.01. The van der Waals surface area contributed by atoms with Crippen LogP contribution in [0.2, 0.25) is 0 Å². The van der Waals surface area contributed by atoms with E-state index in [-0.39, 0.29) is 13.2 Å². The normalized spacial score (nSPS) is 23.6. The van der Waals surface area contributed by atoms with Crippen LogP contribution in [0.5, 0.6) is 11.5 Å². The molecule has 0 aromatic heterocycles. The first-order chi connectivity index (χ1) is 12.9. The van der Waals surface area contributed by atoms with E-state index in [0.717, 1.165) is 0 Å². The fourth-order valence-corrected chi connectivity index (χ4v) is 3.00. The number of rotatable bonds is 8. The highest BCUT2D eigenvalue weighted by atomic mass is 16.8. The van der Waals surface area contributed by atoms with Crippen LogP contribution in [-0.4, -0.2) is 53.6 Å². The SMILES string of the molecule is CC1(C)O[C@H]([C@H](O)COc2ccccc2)[C@@H]([C@H](O)COc2ccccc2)O1. The summed E-state index contributed by atoms with van der Waals surface area (Å²) in [4.78, 5) is 0. The highest BCUT2D eigenvalue weighted by molar-refractivity contribution is 5.21. The van der Waals surface area contributed by atoms with Crippen LogP contribution in [0.1, 0.15) is 13.8 Å². The van der Waals surface area contributed by atoms with E-state index in [9.17, 15) is 10.2 Å². The van der Waals surface area contributed by atoms with Gasteiger partial charge < -0.3 is 29.2 Å². The van der Waals surface area contributed by atoms with Crippen LogP contribution >= 0.6 is 0 Å². The van der Waals surface area contributed by atoms with Crippen molar-refractivity contribution in [2.75, 3.05) is 13.2 Å². The number of hydrogen-bond acceptors (Lipinski definition) is 6. The summed E-state index contributed by atoms with van der Waals surface area (Å²) in [5.74, 6) is 0.384. The molecule has 27 heavy (non-hydrogen) atoms. The molecule has 6 heteroatoms. The lowest BCUT2D eigenvalue weighted by Gasteiger charge is -2.25. The van der Waals surface area contributed by atoms with E-state index < -0.39 is 30.2 Å². The quantitative estimate of drug-likeness (QED) is 0.739. The van der Waals surface area contributed by atoms with Gasteiger partial charge in [-0.15, -0.1) is 0 Å². The van der Waals surface area contributed by atoms with E-state index in [1.54, 1.807) is 13.8 Å². The molecule has 146 valence electrons. The van der Waals surface area contributed by atoms with E-state index in [1.165, 1.54) is 0 Å². The second kappa shape index (κ2) is 8.71. The molecule has 3 rings (SSSR count). The Morgan fingerprint density at radius 1 is 0.778 bits per heavy atom. The van der Waals surface area contributed by atoms with E-state index >= 15 is 0 Å². The maximum Gasteiger partial charge on any atom is 0.164 e. The van der Waals surface area contributed by atoms with Crippen LogP contribution in [0.3, 0.4) is 0 Å². The first-order valence-electron chi connectivity index (χ1n) is 9.02. The zero-order valence-electron chi connectivity index (χ0n) is 15.5. The second-order valence-corrected chi connectivity index (χ2v) is 6.95. The largest absolute Gasteiger partial charge is 0.491 e. The maximum absolute atomic E-state index is 10.6. The zero-order valence-corrected chi connectivity index (χ0v) is 15.5. The minimum atomic E-state index is -0.969. The van der Waals surface area contributed by atoms with Crippen molar-refractivity contribution in [1.82, 2.24) is 0 Å². The van der Waals surface area contributed by atoms with Gasteiger partial charge in [0.05, 0.1) is 0 Å². The second-order valence-electron chi connectivity index (χ2n) is 6.95. The van der Waals surface area contributed by atoms with Gasteiger partial charge in [0.1, 0.15) is 49.1 Å². The number of benzene rings is 2. The lowest BCUT2D eigenvalue weighted by atomic mass is 10.0. The molecule has 1 aliphatic heterocycles. The molecule has 2 aromatic carbocycles. The van der Waals surface area contributed by atoms with Crippen LogP contribution < -0.4 is 9.47 Å². The van der Waals surface area contributed by atoms with Gasteiger partial charge in [-0.05, 0) is 38.1 Å². The smallest absolute Gasteiger partial charge is 0.164 e. The van der Waals surface area contributed by atoms with E-state index in [1.807, 2.05) is 60.7 Å². The summed E-state index contributed by atoms with van der Waals surface area (Å²) in [5, 5.41) is 21.1. The fourth-order valence-electron chi connectivity index (χ4n) is 3.00. The molecule has 2 aromatic rings. The molecule has 2 N–H and O–H groups in total. The van der Waals surface area contributed by atoms with Gasteiger partial charge in [0.25, 0.3) is 0 Å². The van der Waals surface area contributed by atoms with Crippen LogP contribution in [-0.2, 0) is 9.47 Å². The Morgan fingerprint density at radius 3 is 1.52 bits per heavy atom. The Hall–Kier alpha value is -2.12. The maximum atomic E-state index is 10.6. The summed E-state index contributed by atoms with van der Waals surface area (Å²) < 4.78 is 22.8. The van der Waals surface area contributed by atoms with Crippen molar-refractivity contribution in [3.05, 3.63) is 60.7 Å². The molecule has 0 amide bonds. The number of ether oxygens (including phenoxy) is 4. The molecule has 6 nitrogen and oxygen atoms in total. The zero-order chi connectivity index (χ0) is 19.3. The van der Waals surface area contributed by atoms with Crippen LogP contribution in [0.25, 0.3) is 0 Å². The highest BCUT2D eigenvalue weighted by Gasteiger charge is 2.48. The van der Waals surface area contributed by atoms with Gasteiger partial charge in [-0.2, -0.15) is 0 Å². The summed E-state index contributed by atoms with van der Waals surface area (Å²) in [6.45, 7) is 3.54. The fraction of sp³-hybridized carbons (Fsp3) is 0.429. The van der Waals surface area contributed by atoms with Crippen molar-refractivity contribution >= 4 is 0 Å². The van der Waals surface area contributed by atoms with Crippen molar-refractivity contribution in [2.24, 2.45) is 0 Å². The molecule has 0 unspecified atom stereocenters. The van der Waals surface area contributed by atoms with Gasteiger partial charge in [0.15, 0.2) is 5.79 Å². The van der Waals surface area contributed by atoms with Crippen molar-refractivity contribution in [3.63, 3.8) is 0 Å². The van der Waals surface area contributed by atoms with Gasteiger partial charge in [0.2, 0.25) is 0 Å². The third-order valence-electron chi connectivity index (χ3n) is 4.25. The number of aliphatic hydroxyl groups excluding tert-OH is 2. The summed E-state index contributed by atoms with van der Waals surface area (Å²) >= 11 is 0. The first-order valence-corrected chi connectivity index (χ1v) is 9.02. The lowest BCUT2D eigenvalue weighted by Crippen LogP contribution is -2.46. The minimum Gasteiger partial charge on any atom is -0.491 e. The molecule has 4 atom stereocenters. The number of hydrogen-bond donors (Lipinski definition) is 2. The van der Waals surface area contributed by atoms with Crippen molar-refractivity contribution in [2.45, 2.75) is 44.1 Å². The molecular formula is C21H26O6. The first kappa shape index (κ1) is 19.6. The van der Waals surface area contributed by atoms with Crippen molar-refractivity contribution in [1.29, 1.82) is 0 Å². The third-order valence-corrected chi connectivity index (χ3v) is 4.25. The molecule has 0 radical (unpaired) electrons. The van der Waals surface area contributed by atoms with Crippen LogP contribution in [0.4, 0.5) is 0 Å². The summed E-state index contributed by atoms with van der Waals surface area (Å²) in [5.41, 5.74) is 0. The molecule has 0 saturated carbocycles. The molecule has 0 spiro atoms. The summed E-state index contributed by atoms with van der Waals surface area (Å²) in [7, 11) is 0. The van der Waals surface area contributed by atoms with Gasteiger partial charge in [-0.25, -0.2) is 0 Å². The molecule has 1 saturated heterocycles. The van der Waals surface area contributed by atoms with E-state index in [4.69, 9.17) is 18.9 Å². The van der Waals surface area contributed by atoms with Gasteiger partial charge in [0, 0.05) is 0 Å². The Kier molecular flexibility index (Phi) is 6.34. The van der Waals surface area contributed by atoms with Gasteiger partial charge in [-0.1, -0.05) is 36.4 Å². The Morgan fingerprint density at radius 2 is 1.15 bits per heavy atom. The highest BCUT2D eigenvalue weighted by Crippen LogP contribution is 2.32. The van der Waals surface area contributed by atoms with Crippen LogP contribution in [0.15, 0.2) is 60.7 Å². The predicted molar refractivity (Wildman–Crippen MR) is 99.7 cm³/mol. The topological polar surface area (TPSA) is 77.4 Å². The number of para-hydroxylation sites is 2. The lowest BCUT2D eigenvalue weighted by molar-refractivity contribution is -0.162. The Balaban J connectivity index is 1.59. The Labute approximate surface area is 159 Å². The van der Waals surface area contributed by atoms with Gasteiger partial charge in [-0.3, -0.25) is 0 Å². The molecule has 1 aliphatic rings. The van der Waals surface area contributed by atoms with Crippen LogP contribution in [0, 0.1) is 0 Å². The molecule has 0 aliphatic carbocycles. The summed E-state index contributed by atoms with van der Waals surface area (Å²) in [6.07, 6.45) is -3.41. The van der Waals surface area contributed by atoms with E-state index in [2.05, 4.69) is 0 Å². The van der Waals surface area contributed by atoms with Crippen molar-refractivity contribution < 1.29 is 29.2 Å². The third kappa shape index (κ3) is 5.43. The summed E-state index contributed by atoms with van der Waals surface area (Å²) in [6, 6.07) is 18.4. The molecule has 1 fully saturated rings. The molecule has 1 heterocycles. The standard InChI is InChI=1S/C21H26O6/c1-21(2)26-19(17(22)13-24-15-9-5-3-6-10-15)20(27-21)18(23)14-25-16-11-7-4-8-12-16/h3-12,17-20,22-23H,13-14H2,1-2H3/t17-,18-,19-,20-/m1/s1. The predicted octanol–water partition coefficient (Wildman–Crippen LogP) is 2.39.